The minimum atomic E-state index is -1.86. The SMILES string of the molecule is COc1ccc2c(c1)C(=O)N(CC1(c3ccc(F)cc3F)NC(=O)NC1=O)C2. The summed E-state index contributed by atoms with van der Waals surface area (Å²) in [5.74, 6) is -2.52. The van der Waals surface area contributed by atoms with Gasteiger partial charge in [0.05, 0.1) is 13.7 Å². The maximum atomic E-state index is 14.5. The van der Waals surface area contributed by atoms with Gasteiger partial charge in [-0.2, -0.15) is 0 Å². The summed E-state index contributed by atoms with van der Waals surface area (Å²) in [5, 5.41) is 4.48. The molecule has 2 aliphatic heterocycles. The first-order chi connectivity index (χ1) is 13.3. The van der Waals surface area contributed by atoms with Crippen LogP contribution in [0.5, 0.6) is 5.75 Å². The van der Waals surface area contributed by atoms with Crippen LogP contribution in [-0.2, 0) is 16.9 Å². The maximum Gasteiger partial charge on any atom is 0.322 e. The lowest BCUT2D eigenvalue weighted by Gasteiger charge is -2.31. The molecule has 2 heterocycles. The molecule has 2 N–H and O–H groups in total. The van der Waals surface area contributed by atoms with Crippen molar-refractivity contribution < 1.29 is 27.9 Å². The van der Waals surface area contributed by atoms with Gasteiger partial charge in [0.2, 0.25) is 0 Å². The number of hydrogen-bond donors (Lipinski definition) is 2. The topological polar surface area (TPSA) is 87.7 Å². The second-order valence-corrected chi connectivity index (χ2v) is 6.62. The van der Waals surface area contributed by atoms with Crippen molar-refractivity contribution in [1.29, 1.82) is 0 Å². The lowest BCUT2D eigenvalue weighted by atomic mass is 9.88. The average Bonchev–Trinajstić information content (AvgIpc) is 3.11. The number of imide groups is 1. The van der Waals surface area contributed by atoms with E-state index in [1.165, 1.54) is 12.0 Å². The van der Waals surface area contributed by atoms with E-state index in [1.807, 2.05) is 0 Å². The van der Waals surface area contributed by atoms with E-state index in [-0.39, 0.29) is 24.6 Å². The second kappa shape index (κ2) is 6.29. The van der Waals surface area contributed by atoms with Gasteiger partial charge in [-0.1, -0.05) is 12.1 Å². The van der Waals surface area contributed by atoms with E-state index in [2.05, 4.69) is 10.6 Å². The molecule has 144 valence electrons. The third-order valence-corrected chi connectivity index (χ3v) is 4.96. The standard InChI is InChI=1S/C19H15F2N3O4/c1-28-12-4-2-10-8-24(16(25)13(10)7-12)9-19(17(26)22-18(27)23-19)14-5-3-11(20)6-15(14)21/h2-7H,8-9H2,1H3,(H2,22,23,26,27). The Hall–Kier alpha value is -3.49. The number of carbonyl (C=O) groups is 3. The molecule has 2 aliphatic rings. The normalized spacial score (nSPS) is 20.8. The predicted octanol–water partition coefficient (Wildman–Crippen LogP) is 1.66. The molecule has 2 aromatic rings. The first kappa shape index (κ1) is 17.9. The average molecular weight is 387 g/mol. The molecule has 0 spiro atoms. The highest BCUT2D eigenvalue weighted by atomic mass is 19.1. The van der Waals surface area contributed by atoms with Crippen LogP contribution in [0.1, 0.15) is 21.5 Å². The number of carbonyl (C=O) groups excluding carboxylic acids is 3. The molecule has 0 bridgehead atoms. The number of nitrogens with zero attached hydrogens (tertiary/aromatic N) is 1. The molecular formula is C19H15F2N3O4. The maximum absolute atomic E-state index is 14.5. The van der Waals surface area contributed by atoms with Crippen LogP contribution < -0.4 is 15.4 Å². The number of nitrogens with one attached hydrogen (secondary N) is 2. The molecule has 2 aromatic carbocycles. The molecule has 1 atom stereocenters. The molecule has 0 radical (unpaired) electrons. The number of fused-ring (bicyclic) bond motifs is 1. The lowest BCUT2D eigenvalue weighted by molar-refractivity contribution is -0.124. The number of amides is 4. The Bertz CT molecular complexity index is 1030. The molecule has 0 saturated carbocycles. The fraction of sp³-hybridized carbons (Fsp3) is 0.211. The number of ether oxygens (including phenoxy) is 1. The van der Waals surface area contributed by atoms with Crippen molar-refractivity contribution in [3.63, 3.8) is 0 Å². The molecule has 4 rings (SSSR count). The van der Waals surface area contributed by atoms with Crippen LogP contribution in [0, 0.1) is 11.6 Å². The van der Waals surface area contributed by atoms with Crippen LogP contribution in [0.4, 0.5) is 13.6 Å². The summed E-state index contributed by atoms with van der Waals surface area (Å²) in [5.41, 5.74) is -0.973. The smallest absolute Gasteiger partial charge is 0.322 e. The second-order valence-electron chi connectivity index (χ2n) is 6.62. The Morgan fingerprint density at radius 1 is 1.14 bits per heavy atom. The van der Waals surface area contributed by atoms with Crippen molar-refractivity contribution in [2.75, 3.05) is 13.7 Å². The van der Waals surface area contributed by atoms with E-state index in [0.717, 1.165) is 12.1 Å². The van der Waals surface area contributed by atoms with Gasteiger partial charge in [-0.15, -0.1) is 0 Å². The van der Waals surface area contributed by atoms with Crippen molar-refractivity contribution in [3.8, 4) is 5.75 Å². The summed E-state index contributed by atoms with van der Waals surface area (Å²) in [6.45, 7) is -0.144. The fourth-order valence-corrected chi connectivity index (χ4v) is 3.59. The summed E-state index contributed by atoms with van der Waals surface area (Å²) in [7, 11) is 1.48. The lowest BCUT2D eigenvalue weighted by Crippen LogP contribution is -2.53. The summed E-state index contributed by atoms with van der Waals surface area (Å²) >= 11 is 0. The van der Waals surface area contributed by atoms with Gasteiger partial charge in [0.1, 0.15) is 17.4 Å². The van der Waals surface area contributed by atoms with Crippen molar-refractivity contribution in [2.24, 2.45) is 0 Å². The quantitative estimate of drug-likeness (QED) is 0.782. The highest BCUT2D eigenvalue weighted by molar-refractivity contribution is 6.08. The summed E-state index contributed by atoms with van der Waals surface area (Å²) < 4.78 is 33.0. The van der Waals surface area contributed by atoms with Gasteiger partial charge in [-0.25, -0.2) is 13.6 Å². The largest absolute Gasteiger partial charge is 0.497 e. The van der Waals surface area contributed by atoms with E-state index in [1.54, 1.807) is 18.2 Å². The van der Waals surface area contributed by atoms with E-state index >= 15 is 0 Å². The number of rotatable bonds is 4. The zero-order chi connectivity index (χ0) is 20.1. The highest BCUT2D eigenvalue weighted by Gasteiger charge is 2.51. The van der Waals surface area contributed by atoms with E-state index < -0.39 is 29.1 Å². The first-order valence-electron chi connectivity index (χ1n) is 8.39. The van der Waals surface area contributed by atoms with Crippen LogP contribution in [-0.4, -0.2) is 36.4 Å². The Morgan fingerprint density at radius 3 is 2.57 bits per heavy atom. The number of hydrogen-bond acceptors (Lipinski definition) is 4. The monoisotopic (exact) mass is 387 g/mol. The third kappa shape index (κ3) is 2.67. The number of methoxy groups -OCH3 is 1. The zero-order valence-electron chi connectivity index (χ0n) is 14.7. The Kier molecular flexibility index (Phi) is 4.02. The van der Waals surface area contributed by atoms with Crippen molar-refractivity contribution in [1.82, 2.24) is 15.5 Å². The predicted molar refractivity (Wildman–Crippen MR) is 92.4 cm³/mol. The van der Waals surface area contributed by atoms with Crippen LogP contribution >= 0.6 is 0 Å². The van der Waals surface area contributed by atoms with Crippen LogP contribution in [0.3, 0.4) is 0 Å². The van der Waals surface area contributed by atoms with Crippen LogP contribution in [0.25, 0.3) is 0 Å². The molecule has 0 aliphatic carbocycles. The van der Waals surface area contributed by atoms with Crippen molar-refractivity contribution in [3.05, 3.63) is 64.7 Å². The van der Waals surface area contributed by atoms with Gasteiger partial charge in [-0.3, -0.25) is 14.9 Å². The van der Waals surface area contributed by atoms with Crippen molar-refractivity contribution >= 4 is 17.8 Å². The molecule has 4 amide bonds. The Morgan fingerprint density at radius 2 is 1.93 bits per heavy atom. The van der Waals surface area contributed by atoms with Crippen LogP contribution in [0.15, 0.2) is 36.4 Å². The van der Waals surface area contributed by atoms with Gasteiger partial charge >= 0.3 is 6.03 Å². The van der Waals surface area contributed by atoms with Gasteiger partial charge in [-0.05, 0) is 23.8 Å². The summed E-state index contributed by atoms with van der Waals surface area (Å²) in [4.78, 5) is 38.6. The molecule has 1 unspecified atom stereocenters. The Balaban J connectivity index is 1.73. The number of urea groups is 1. The van der Waals surface area contributed by atoms with E-state index in [9.17, 15) is 23.2 Å². The minimum absolute atomic E-state index is 0.172. The summed E-state index contributed by atoms with van der Waals surface area (Å²) in [6.07, 6.45) is 0. The van der Waals surface area contributed by atoms with Gasteiger partial charge < -0.3 is 15.0 Å². The van der Waals surface area contributed by atoms with Gasteiger partial charge in [0.15, 0.2) is 5.54 Å². The fourth-order valence-electron chi connectivity index (χ4n) is 3.59. The molecular weight excluding hydrogens is 372 g/mol. The number of benzene rings is 2. The van der Waals surface area contributed by atoms with E-state index in [0.29, 0.717) is 22.9 Å². The third-order valence-electron chi connectivity index (χ3n) is 4.96. The van der Waals surface area contributed by atoms with Gasteiger partial charge in [0, 0.05) is 23.7 Å². The molecule has 9 heteroatoms. The summed E-state index contributed by atoms with van der Waals surface area (Å²) in [6, 6.07) is 6.89. The van der Waals surface area contributed by atoms with Gasteiger partial charge in [0.25, 0.3) is 11.8 Å². The molecule has 1 saturated heterocycles. The zero-order valence-corrected chi connectivity index (χ0v) is 14.7. The minimum Gasteiger partial charge on any atom is -0.497 e. The molecule has 28 heavy (non-hydrogen) atoms. The first-order valence-corrected chi connectivity index (χ1v) is 8.39. The van der Waals surface area contributed by atoms with Crippen LogP contribution in [0.2, 0.25) is 0 Å². The molecule has 7 nitrogen and oxygen atoms in total. The Labute approximate surface area is 158 Å². The van der Waals surface area contributed by atoms with E-state index in [4.69, 9.17) is 4.74 Å². The number of halogens is 2. The van der Waals surface area contributed by atoms with Crippen molar-refractivity contribution in [2.45, 2.75) is 12.1 Å². The molecule has 0 aromatic heterocycles. The highest BCUT2D eigenvalue weighted by Crippen LogP contribution is 2.33. The molecule has 1 fully saturated rings.